The fourth-order valence-corrected chi connectivity index (χ4v) is 5.55. The van der Waals surface area contributed by atoms with Crippen molar-refractivity contribution < 1.29 is 28.2 Å². The maximum absolute atomic E-state index is 15.6. The van der Waals surface area contributed by atoms with E-state index >= 15 is 4.39 Å². The second-order valence-electron chi connectivity index (χ2n) is 11.7. The minimum atomic E-state index is -1.53. The second-order valence-corrected chi connectivity index (χ2v) is 11.7. The number of halogens is 1. The Morgan fingerprint density at radius 3 is 2.55 bits per heavy atom. The van der Waals surface area contributed by atoms with Gasteiger partial charge in [0.05, 0.1) is 12.1 Å². The van der Waals surface area contributed by atoms with E-state index in [4.69, 9.17) is 9.47 Å². The molecule has 2 heterocycles. The summed E-state index contributed by atoms with van der Waals surface area (Å²) in [6, 6.07) is 13.2. The zero-order valence-corrected chi connectivity index (χ0v) is 24.0. The lowest BCUT2D eigenvalue weighted by atomic mass is 9.87. The average Bonchev–Trinajstić information content (AvgIpc) is 3.25. The molecule has 3 atom stereocenters. The van der Waals surface area contributed by atoms with Crippen molar-refractivity contribution in [1.29, 1.82) is 0 Å². The molecule has 216 valence electrons. The van der Waals surface area contributed by atoms with Gasteiger partial charge in [-0.1, -0.05) is 30.3 Å². The highest BCUT2D eigenvalue weighted by molar-refractivity contribution is 6.02. The maximum atomic E-state index is 15.6. The van der Waals surface area contributed by atoms with Crippen LogP contribution in [0.4, 0.5) is 9.18 Å². The van der Waals surface area contributed by atoms with E-state index < -0.39 is 17.4 Å². The van der Waals surface area contributed by atoms with E-state index in [0.717, 1.165) is 11.1 Å². The summed E-state index contributed by atoms with van der Waals surface area (Å²) in [6.07, 6.45) is 0.822. The van der Waals surface area contributed by atoms with Crippen LogP contribution in [-0.4, -0.2) is 66.9 Å². The fourth-order valence-electron chi connectivity index (χ4n) is 5.55. The standard InChI is InChI=1S/C31H40FN3O5/c1-20-25(21-11-7-6-8-12-21)23-17-22(18-24(26(23)39-20)28(37)33-5)27(36)34-15-9-13-31(32)14-10-16-35(19-31)29(38)40-30(2,3)4/h6-8,11-12,17-18,20,25H,9-10,13-16,19H2,1-5H3,(H,33,37)(H,34,36)/t20?,25-,31?/m0/s1. The number of carbonyl (C=O) groups excluding carboxylic acids is 3. The largest absolute Gasteiger partial charge is 0.489 e. The Labute approximate surface area is 235 Å². The number of benzene rings is 2. The molecule has 0 bridgehead atoms. The van der Waals surface area contributed by atoms with Gasteiger partial charge < -0.3 is 25.0 Å². The molecule has 1 fully saturated rings. The Kier molecular flexibility index (Phi) is 8.71. The summed E-state index contributed by atoms with van der Waals surface area (Å²) in [7, 11) is 1.54. The first-order chi connectivity index (χ1) is 18.9. The molecule has 2 N–H and O–H groups in total. The van der Waals surface area contributed by atoms with Crippen molar-refractivity contribution >= 4 is 17.9 Å². The zero-order valence-electron chi connectivity index (χ0n) is 24.0. The molecule has 2 aliphatic heterocycles. The normalized spacial score (nSPS) is 22.2. The van der Waals surface area contributed by atoms with Gasteiger partial charge in [-0.05, 0) is 71.1 Å². The lowest BCUT2D eigenvalue weighted by Gasteiger charge is -2.38. The summed E-state index contributed by atoms with van der Waals surface area (Å²) < 4.78 is 27.1. The Hall–Kier alpha value is -3.62. The summed E-state index contributed by atoms with van der Waals surface area (Å²) in [6.45, 7) is 8.02. The number of hydrogen-bond donors (Lipinski definition) is 2. The molecule has 0 spiro atoms. The van der Waals surface area contributed by atoms with Crippen molar-refractivity contribution in [3.05, 3.63) is 64.7 Å². The number of nitrogens with one attached hydrogen (secondary N) is 2. The molecule has 0 radical (unpaired) electrons. The van der Waals surface area contributed by atoms with E-state index in [1.165, 1.54) is 11.9 Å². The van der Waals surface area contributed by atoms with E-state index in [9.17, 15) is 14.4 Å². The number of hydrogen-bond acceptors (Lipinski definition) is 5. The molecule has 0 aromatic heterocycles. The van der Waals surface area contributed by atoms with Gasteiger partial charge in [0.1, 0.15) is 23.1 Å². The van der Waals surface area contributed by atoms with Gasteiger partial charge in [0.15, 0.2) is 0 Å². The fraction of sp³-hybridized carbons (Fsp3) is 0.516. The zero-order chi connectivity index (χ0) is 29.1. The van der Waals surface area contributed by atoms with Crippen LogP contribution in [0.2, 0.25) is 0 Å². The number of fused-ring (bicyclic) bond motifs is 1. The number of likely N-dealkylation sites (tertiary alicyclic amines) is 1. The molecular weight excluding hydrogens is 513 g/mol. The molecule has 2 aliphatic rings. The van der Waals surface area contributed by atoms with Crippen LogP contribution in [0.25, 0.3) is 0 Å². The molecule has 40 heavy (non-hydrogen) atoms. The first-order valence-corrected chi connectivity index (χ1v) is 14.0. The lowest BCUT2D eigenvalue weighted by Crippen LogP contribution is -2.49. The van der Waals surface area contributed by atoms with Crippen LogP contribution < -0.4 is 15.4 Å². The number of nitrogens with zero attached hydrogens (tertiary/aromatic N) is 1. The number of rotatable bonds is 7. The monoisotopic (exact) mass is 553 g/mol. The molecule has 2 aromatic rings. The van der Waals surface area contributed by atoms with E-state index in [1.54, 1.807) is 32.9 Å². The third-order valence-electron chi connectivity index (χ3n) is 7.38. The first kappa shape index (κ1) is 29.4. The summed E-state index contributed by atoms with van der Waals surface area (Å²) in [5, 5.41) is 5.51. The molecule has 1 saturated heterocycles. The van der Waals surface area contributed by atoms with E-state index in [0.29, 0.717) is 42.7 Å². The maximum Gasteiger partial charge on any atom is 0.410 e. The van der Waals surface area contributed by atoms with Crippen molar-refractivity contribution in [3.63, 3.8) is 0 Å². The van der Waals surface area contributed by atoms with Crippen LogP contribution >= 0.6 is 0 Å². The quantitative estimate of drug-likeness (QED) is 0.459. The number of ether oxygens (including phenoxy) is 2. The summed E-state index contributed by atoms with van der Waals surface area (Å²) >= 11 is 0. The lowest BCUT2D eigenvalue weighted by molar-refractivity contribution is -0.00798. The highest BCUT2D eigenvalue weighted by Crippen LogP contribution is 2.45. The predicted octanol–water partition coefficient (Wildman–Crippen LogP) is 5.21. The van der Waals surface area contributed by atoms with Crippen molar-refractivity contribution in [2.45, 2.75) is 76.7 Å². The first-order valence-electron chi connectivity index (χ1n) is 14.0. The molecule has 0 aliphatic carbocycles. The Morgan fingerprint density at radius 2 is 1.88 bits per heavy atom. The van der Waals surface area contributed by atoms with Gasteiger partial charge in [-0.25, -0.2) is 9.18 Å². The SMILES string of the molecule is CNC(=O)c1cc(C(=O)NCCCC2(F)CCCN(C(=O)OC(C)(C)C)C2)cc2c1OC(C)[C@H]2c1ccccc1. The number of amides is 3. The smallest absolute Gasteiger partial charge is 0.410 e. The molecule has 2 unspecified atom stereocenters. The van der Waals surface area contributed by atoms with Gasteiger partial charge in [0, 0.05) is 37.2 Å². The van der Waals surface area contributed by atoms with Gasteiger partial charge in [0.25, 0.3) is 11.8 Å². The summed E-state index contributed by atoms with van der Waals surface area (Å²) in [5.41, 5.74) is 0.309. The minimum absolute atomic E-state index is 0.0186. The van der Waals surface area contributed by atoms with Crippen molar-refractivity contribution in [1.82, 2.24) is 15.5 Å². The van der Waals surface area contributed by atoms with E-state index in [1.807, 2.05) is 37.3 Å². The molecule has 3 amide bonds. The molecule has 4 rings (SSSR count). The van der Waals surface area contributed by atoms with Crippen molar-refractivity contribution in [2.75, 3.05) is 26.7 Å². The van der Waals surface area contributed by atoms with Crippen molar-refractivity contribution in [3.8, 4) is 5.75 Å². The number of alkyl halides is 1. The molecular formula is C31H40FN3O5. The van der Waals surface area contributed by atoms with Crippen LogP contribution in [0.1, 0.15) is 91.1 Å². The van der Waals surface area contributed by atoms with Gasteiger partial charge in [-0.3, -0.25) is 9.59 Å². The summed E-state index contributed by atoms with van der Waals surface area (Å²) in [4.78, 5) is 39.8. The third kappa shape index (κ3) is 6.74. The van der Waals surface area contributed by atoms with Crippen LogP contribution in [-0.2, 0) is 4.74 Å². The van der Waals surface area contributed by atoms with Crippen LogP contribution in [0.3, 0.4) is 0 Å². The predicted molar refractivity (Wildman–Crippen MR) is 151 cm³/mol. The number of piperidine rings is 1. The van der Waals surface area contributed by atoms with Crippen LogP contribution in [0, 0.1) is 0 Å². The van der Waals surface area contributed by atoms with Gasteiger partial charge >= 0.3 is 6.09 Å². The van der Waals surface area contributed by atoms with E-state index in [-0.39, 0.29) is 43.3 Å². The second kappa shape index (κ2) is 11.9. The van der Waals surface area contributed by atoms with Crippen LogP contribution in [0.5, 0.6) is 5.75 Å². The Bertz CT molecular complexity index is 1250. The summed E-state index contributed by atoms with van der Waals surface area (Å²) in [5.74, 6) is -0.314. The Morgan fingerprint density at radius 1 is 1.15 bits per heavy atom. The topological polar surface area (TPSA) is 97.0 Å². The van der Waals surface area contributed by atoms with Gasteiger partial charge in [0.2, 0.25) is 0 Å². The number of carbonyl (C=O) groups is 3. The third-order valence-corrected chi connectivity index (χ3v) is 7.38. The molecule has 0 saturated carbocycles. The molecule has 9 heteroatoms. The van der Waals surface area contributed by atoms with Crippen LogP contribution in [0.15, 0.2) is 42.5 Å². The molecule has 8 nitrogen and oxygen atoms in total. The highest BCUT2D eigenvalue weighted by atomic mass is 19.1. The van der Waals surface area contributed by atoms with Crippen molar-refractivity contribution in [2.24, 2.45) is 0 Å². The minimum Gasteiger partial charge on any atom is -0.489 e. The average molecular weight is 554 g/mol. The highest BCUT2D eigenvalue weighted by Gasteiger charge is 2.39. The Balaban J connectivity index is 1.42. The van der Waals surface area contributed by atoms with Gasteiger partial charge in [-0.15, -0.1) is 0 Å². The van der Waals surface area contributed by atoms with E-state index in [2.05, 4.69) is 10.6 Å². The molecule has 2 aromatic carbocycles. The van der Waals surface area contributed by atoms with Gasteiger partial charge in [-0.2, -0.15) is 0 Å².